The molecule has 152 valence electrons. The van der Waals surface area contributed by atoms with Crippen molar-refractivity contribution in [3.63, 3.8) is 0 Å². The smallest absolute Gasteiger partial charge is 0.262 e. The molecule has 0 aliphatic carbocycles. The summed E-state index contributed by atoms with van der Waals surface area (Å²) >= 11 is 0. The maximum absolute atomic E-state index is 12.7. The predicted octanol–water partition coefficient (Wildman–Crippen LogP) is 1.45. The number of carbonyl (C=O) groups is 1. The number of hydrogen-bond acceptors (Lipinski definition) is 6. The minimum Gasteiger partial charge on any atom is -0.326 e. The maximum Gasteiger partial charge on any atom is 0.262 e. The fourth-order valence-electron chi connectivity index (χ4n) is 3.15. The normalized spacial score (nSPS) is 16.1. The van der Waals surface area contributed by atoms with Gasteiger partial charge in [0.1, 0.15) is 5.84 Å². The van der Waals surface area contributed by atoms with Crippen LogP contribution >= 0.6 is 0 Å². The lowest BCUT2D eigenvalue weighted by Gasteiger charge is -2.12. The highest BCUT2D eigenvalue weighted by Crippen LogP contribution is 2.27. The van der Waals surface area contributed by atoms with E-state index >= 15 is 0 Å². The Morgan fingerprint density at radius 1 is 0.931 bits per heavy atom. The van der Waals surface area contributed by atoms with Crippen molar-refractivity contribution in [1.82, 2.24) is 4.72 Å². The molecule has 0 radical (unpaired) electrons. The van der Waals surface area contributed by atoms with Crippen LogP contribution in [0.1, 0.15) is 18.4 Å². The lowest BCUT2D eigenvalue weighted by atomic mass is 10.2. The number of hydrogen-bond donors (Lipinski definition) is 3. The van der Waals surface area contributed by atoms with E-state index in [2.05, 4.69) is 19.8 Å². The summed E-state index contributed by atoms with van der Waals surface area (Å²) in [6, 6.07) is 9.87. The second-order valence-corrected chi connectivity index (χ2v) is 10.1. The van der Waals surface area contributed by atoms with Gasteiger partial charge in [-0.2, -0.15) is 0 Å². The van der Waals surface area contributed by atoms with Gasteiger partial charge in [0.2, 0.25) is 5.91 Å². The third-order valence-corrected chi connectivity index (χ3v) is 7.29. The Bertz CT molecular complexity index is 1240. The van der Waals surface area contributed by atoms with Gasteiger partial charge in [0.25, 0.3) is 20.0 Å². The van der Waals surface area contributed by atoms with Crippen LogP contribution in [0.15, 0.2) is 57.2 Å². The zero-order valence-electron chi connectivity index (χ0n) is 15.2. The quantitative estimate of drug-likeness (QED) is 0.655. The molecule has 11 heteroatoms. The van der Waals surface area contributed by atoms with Crippen molar-refractivity contribution in [3.05, 3.63) is 48.0 Å². The summed E-state index contributed by atoms with van der Waals surface area (Å²) in [5, 5.41) is 2.64. The first-order chi connectivity index (χ1) is 13.7. The van der Waals surface area contributed by atoms with Crippen LogP contribution in [0.5, 0.6) is 0 Å². The molecule has 2 aromatic rings. The van der Waals surface area contributed by atoms with E-state index in [1.54, 1.807) is 0 Å². The van der Waals surface area contributed by atoms with E-state index in [4.69, 9.17) is 0 Å². The highest BCUT2D eigenvalue weighted by Gasteiger charge is 2.23. The summed E-state index contributed by atoms with van der Waals surface area (Å²) in [5.41, 5.74) is 1.29. The fourth-order valence-corrected chi connectivity index (χ4v) is 5.38. The minimum absolute atomic E-state index is 0.0144. The molecular weight excluding hydrogens is 416 g/mol. The van der Waals surface area contributed by atoms with E-state index < -0.39 is 20.0 Å². The topological polar surface area (TPSA) is 134 Å². The molecule has 0 saturated carbocycles. The van der Waals surface area contributed by atoms with Crippen LogP contribution in [0, 0.1) is 0 Å². The van der Waals surface area contributed by atoms with E-state index in [0.717, 1.165) is 6.42 Å². The van der Waals surface area contributed by atoms with E-state index in [0.29, 0.717) is 30.1 Å². The second-order valence-electron chi connectivity index (χ2n) is 6.71. The van der Waals surface area contributed by atoms with E-state index in [1.165, 1.54) is 42.5 Å². The number of amidine groups is 1. The van der Waals surface area contributed by atoms with Crippen molar-refractivity contribution < 1.29 is 21.6 Å². The summed E-state index contributed by atoms with van der Waals surface area (Å²) in [6.45, 7) is 0.583. The van der Waals surface area contributed by atoms with E-state index in [-0.39, 0.29) is 27.8 Å². The molecule has 1 amide bonds. The van der Waals surface area contributed by atoms with Crippen molar-refractivity contribution in [1.29, 1.82) is 0 Å². The molecule has 0 unspecified atom stereocenters. The number of fused-ring (bicyclic) bond motifs is 1. The average Bonchev–Trinajstić information content (AvgIpc) is 3.28. The van der Waals surface area contributed by atoms with E-state index in [9.17, 15) is 21.6 Å². The van der Waals surface area contributed by atoms with Gasteiger partial charge in [0, 0.05) is 18.7 Å². The molecule has 0 aromatic heterocycles. The summed E-state index contributed by atoms with van der Waals surface area (Å²) < 4.78 is 55.3. The number of sulfonamides is 2. The monoisotopic (exact) mass is 434 g/mol. The van der Waals surface area contributed by atoms with Crippen LogP contribution in [0.25, 0.3) is 0 Å². The molecule has 2 heterocycles. The van der Waals surface area contributed by atoms with Gasteiger partial charge >= 0.3 is 0 Å². The van der Waals surface area contributed by atoms with Gasteiger partial charge in [-0.05, 0) is 48.4 Å². The number of benzene rings is 2. The van der Waals surface area contributed by atoms with Crippen LogP contribution in [0.2, 0.25) is 0 Å². The highest BCUT2D eigenvalue weighted by atomic mass is 32.2. The Labute approximate surface area is 168 Å². The van der Waals surface area contributed by atoms with Gasteiger partial charge in [-0.15, -0.1) is 0 Å². The van der Waals surface area contributed by atoms with Gasteiger partial charge in [0.15, 0.2) is 0 Å². The Hall–Kier alpha value is -2.92. The number of aliphatic imine (C=N–C) groups is 1. The van der Waals surface area contributed by atoms with Crippen molar-refractivity contribution in [2.24, 2.45) is 4.99 Å². The molecule has 0 atom stereocenters. The molecule has 9 nitrogen and oxygen atoms in total. The highest BCUT2D eigenvalue weighted by molar-refractivity contribution is 7.92. The van der Waals surface area contributed by atoms with Gasteiger partial charge in [-0.1, -0.05) is 6.07 Å². The molecule has 2 aliphatic rings. The molecule has 2 aliphatic heterocycles. The molecule has 0 saturated heterocycles. The largest absolute Gasteiger partial charge is 0.326 e. The van der Waals surface area contributed by atoms with Crippen LogP contribution in [-0.2, 0) is 31.3 Å². The lowest BCUT2D eigenvalue weighted by Crippen LogP contribution is -2.29. The SMILES string of the molecule is O=C1Cc2cc(S(=O)(=O)Nc3cccc(S(=O)(=O)NC4=NCCC4)c3)ccc2N1. The maximum atomic E-state index is 12.7. The first-order valence-corrected chi connectivity index (χ1v) is 11.8. The first kappa shape index (κ1) is 19.4. The zero-order chi connectivity index (χ0) is 20.6. The molecule has 29 heavy (non-hydrogen) atoms. The molecule has 0 fully saturated rings. The molecule has 0 bridgehead atoms. The first-order valence-electron chi connectivity index (χ1n) is 8.85. The van der Waals surface area contributed by atoms with Gasteiger partial charge < -0.3 is 5.32 Å². The van der Waals surface area contributed by atoms with Gasteiger partial charge in [-0.3, -0.25) is 19.2 Å². The molecule has 0 spiro atoms. The van der Waals surface area contributed by atoms with Crippen LogP contribution in [-0.4, -0.2) is 35.1 Å². The van der Waals surface area contributed by atoms with Crippen molar-refractivity contribution in [2.75, 3.05) is 16.6 Å². The van der Waals surface area contributed by atoms with Crippen molar-refractivity contribution in [2.45, 2.75) is 29.1 Å². The molecule has 3 N–H and O–H groups in total. The van der Waals surface area contributed by atoms with Crippen LogP contribution in [0.4, 0.5) is 11.4 Å². The van der Waals surface area contributed by atoms with Crippen LogP contribution in [0.3, 0.4) is 0 Å². The Balaban J connectivity index is 1.57. The third-order valence-electron chi connectivity index (χ3n) is 4.54. The predicted molar refractivity (Wildman–Crippen MR) is 108 cm³/mol. The molecular formula is C18H18N4O5S2. The van der Waals surface area contributed by atoms with Gasteiger partial charge in [0.05, 0.1) is 21.9 Å². The standard InChI is InChI=1S/C18H18N4O5S2/c23-18-10-12-9-15(6-7-16(12)20-18)28(24,25)21-13-3-1-4-14(11-13)29(26,27)22-17-5-2-8-19-17/h1,3-4,6-7,9,11,21H,2,5,8,10H2,(H,19,22)(H,20,23). The summed E-state index contributed by atoms with van der Waals surface area (Å²) in [5.74, 6) is 0.206. The fraction of sp³-hybridized carbons (Fsp3) is 0.222. The minimum atomic E-state index is -3.97. The molecule has 2 aromatic carbocycles. The number of amides is 1. The summed E-state index contributed by atoms with van der Waals surface area (Å²) in [6.07, 6.45) is 1.46. The number of nitrogens with one attached hydrogen (secondary N) is 3. The van der Waals surface area contributed by atoms with Crippen molar-refractivity contribution >= 4 is 43.2 Å². The summed E-state index contributed by atoms with van der Waals surface area (Å²) in [7, 11) is -7.83. The van der Waals surface area contributed by atoms with Crippen LogP contribution < -0.4 is 14.8 Å². The van der Waals surface area contributed by atoms with E-state index in [1.807, 2.05) is 0 Å². The summed E-state index contributed by atoms with van der Waals surface area (Å²) in [4.78, 5) is 15.5. The zero-order valence-corrected chi connectivity index (χ0v) is 16.8. The second kappa shape index (κ2) is 7.16. The number of nitrogens with zero attached hydrogens (tertiary/aromatic N) is 1. The number of carbonyl (C=O) groups excluding carboxylic acids is 1. The molecule has 4 rings (SSSR count). The van der Waals surface area contributed by atoms with Crippen molar-refractivity contribution in [3.8, 4) is 0 Å². The average molecular weight is 434 g/mol. The third kappa shape index (κ3) is 4.10. The Morgan fingerprint density at radius 2 is 1.69 bits per heavy atom. The lowest BCUT2D eigenvalue weighted by molar-refractivity contribution is -0.115. The Kier molecular flexibility index (Phi) is 4.79. The Morgan fingerprint density at radius 3 is 2.45 bits per heavy atom. The number of anilines is 2. The number of rotatable bonds is 5. The van der Waals surface area contributed by atoms with Gasteiger partial charge in [-0.25, -0.2) is 16.8 Å².